The maximum absolute atomic E-state index is 12.6. The molecule has 0 aliphatic heterocycles. The lowest BCUT2D eigenvalue weighted by Crippen LogP contribution is -2.19. The highest BCUT2D eigenvalue weighted by atomic mass is 19.4. The molecule has 1 aromatic rings. The second-order valence-corrected chi connectivity index (χ2v) is 4.02. The molecular formula is C11H13F3N2. The van der Waals surface area contributed by atoms with Crippen LogP contribution in [0.2, 0.25) is 0 Å². The van der Waals surface area contributed by atoms with Gasteiger partial charge in [0.1, 0.15) is 5.82 Å². The monoisotopic (exact) mass is 230 g/mol. The van der Waals surface area contributed by atoms with Crippen molar-refractivity contribution in [3.05, 3.63) is 23.9 Å². The van der Waals surface area contributed by atoms with Crippen molar-refractivity contribution in [2.24, 2.45) is 0 Å². The summed E-state index contributed by atoms with van der Waals surface area (Å²) < 4.78 is 37.9. The van der Waals surface area contributed by atoms with Crippen molar-refractivity contribution in [2.45, 2.75) is 37.9 Å². The molecule has 1 N–H and O–H groups in total. The molecule has 0 bridgehead atoms. The van der Waals surface area contributed by atoms with Gasteiger partial charge in [-0.25, -0.2) is 4.98 Å². The van der Waals surface area contributed by atoms with Crippen LogP contribution in [0.5, 0.6) is 0 Å². The number of aromatic nitrogens is 1. The fourth-order valence-electron chi connectivity index (χ4n) is 2.01. The lowest BCUT2D eigenvalue weighted by molar-refractivity contribution is -0.137. The van der Waals surface area contributed by atoms with E-state index in [1.165, 1.54) is 12.3 Å². The van der Waals surface area contributed by atoms with Crippen LogP contribution in [-0.2, 0) is 6.18 Å². The van der Waals surface area contributed by atoms with Gasteiger partial charge in [0.25, 0.3) is 0 Å². The molecule has 2 nitrogen and oxygen atoms in total. The van der Waals surface area contributed by atoms with Gasteiger partial charge in [-0.3, -0.25) is 0 Å². The third kappa shape index (κ3) is 2.46. The van der Waals surface area contributed by atoms with Crippen LogP contribution >= 0.6 is 0 Å². The zero-order valence-corrected chi connectivity index (χ0v) is 8.72. The standard InChI is InChI=1S/C11H13F3N2/c12-11(13,14)9-6-3-7-15-10(9)16-8-4-1-2-5-8/h3,6-8H,1-2,4-5H2,(H,15,16). The topological polar surface area (TPSA) is 24.9 Å². The summed E-state index contributed by atoms with van der Waals surface area (Å²) in [6, 6.07) is 2.50. The Morgan fingerprint density at radius 2 is 1.94 bits per heavy atom. The summed E-state index contributed by atoms with van der Waals surface area (Å²) in [6.45, 7) is 0. The van der Waals surface area contributed by atoms with Gasteiger partial charge in [0.2, 0.25) is 0 Å². The summed E-state index contributed by atoms with van der Waals surface area (Å²) in [6.07, 6.45) is 1.04. The largest absolute Gasteiger partial charge is 0.419 e. The van der Waals surface area contributed by atoms with E-state index in [0.29, 0.717) is 0 Å². The average molecular weight is 230 g/mol. The first-order chi connectivity index (χ1) is 7.57. The number of hydrogen-bond donors (Lipinski definition) is 1. The van der Waals surface area contributed by atoms with Crippen molar-refractivity contribution in [3.63, 3.8) is 0 Å². The molecule has 0 unspecified atom stereocenters. The number of rotatable bonds is 2. The minimum atomic E-state index is -4.34. The van der Waals surface area contributed by atoms with Crippen LogP contribution in [0.1, 0.15) is 31.2 Å². The number of halogens is 3. The molecule has 0 spiro atoms. The van der Waals surface area contributed by atoms with E-state index in [1.54, 1.807) is 0 Å². The average Bonchev–Trinajstić information content (AvgIpc) is 2.70. The van der Waals surface area contributed by atoms with E-state index in [-0.39, 0.29) is 11.9 Å². The molecule has 0 aromatic carbocycles. The summed E-state index contributed by atoms with van der Waals surface area (Å²) in [5.74, 6) is -0.0399. The highest BCUT2D eigenvalue weighted by molar-refractivity contribution is 5.46. The summed E-state index contributed by atoms with van der Waals surface area (Å²) in [5.41, 5.74) is -0.679. The lowest BCUT2D eigenvalue weighted by Gasteiger charge is -2.17. The number of hydrogen-bond acceptors (Lipinski definition) is 2. The van der Waals surface area contributed by atoms with E-state index < -0.39 is 11.7 Å². The van der Waals surface area contributed by atoms with Gasteiger partial charge in [-0.1, -0.05) is 12.8 Å². The quantitative estimate of drug-likeness (QED) is 0.841. The first-order valence-corrected chi connectivity index (χ1v) is 5.36. The summed E-state index contributed by atoms with van der Waals surface area (Å²) in [5, 5.41) is 2.88. The molecule has 88 valence electrons. The predicted molar refractivity (Wildman–Crippen MR) is 55.1 cm³/mol. The van der Waals surface area contributed by atoms with Gasteiger partial charge in [0.05, 0.1) is 5.56 Å². The molecule has 0 saturated heterocycles. The smallest absolute Gasteiger partial charge is 0.367 e. The molecule has 0 radical (unpaired) electrons. The van der Waals surface area contributed by atoms with Gasteiger partial charge in [0.15, 0.2) is 0 Å². The van der Waals surface area contributed by atoms with Crippen LogP contribution in [0.25, 0.3) is 0 Å². The van der Waals surface area contributed by atoms with Crippen LogP contribution in [0, 0.1) is 0 Å². The van der Waals surface area contributed by atoms with Gasteiger partial charge < -0.3 is 5.32 Å². The zero-order valence-electron chi connectivity index (χ0n) is 8.72. The first-order valence-electron chi connectivity index (χ1n) is 5.36. The van der Waals surface area contributed by atoms with Crippen molar-refractivity contribution in [1.82, 2.24) is 4.98 Å². The second kappa shape index (κ2) is 4.31. The van der Waals surface area contributed by atoms with E-state index in [9.17, 15) is 13.2 Å². The lowest BCUT2D eigenvalue weighted by atomic mass is 10.2. The maximum Gasteiger partial charge on any atom is 0.419 e. The Bertz CT molecular complexity index is 356. The first kappa shape index (κ1) is 11.2. The Labute approximate surface area is 91.9 Å². The third-order valence-corrected chi connectivity index (χ3v) is 2.81. The summed E-state index contributed by atoms with van der Waals surface area (Å²) in [7, 11) is 0. The molecule has 1 saturated carbocycles. The molecular weight excluding hydrogens is 217 g/mol. The summed E-state index contributed by atoms with van der Waals surface area (Å²) in [4.78, 5) is 3.78. The number of anilines is 1. The SMILES string of the molecule is FC(F)(F)c1cccnc1NC1CCCC1. The Kier molecular flexibility index (Phi) is 3.03. The van der Waals surface area contributed by atoms with E-state index in [1.807, 2.05) is 0 Å². The Hall–Kier alpha value is -1.26. The van der Waals surface area contributed by atoms with E-state index in [2.05, 4.69) is 10.3 Å². The van der Waals surface area contributed by atoms with Gasteiger partial charge in [-0.05, 0) is 25.0 Å². The van der Waals surface area contributed by atoms with Crippen LogP contribution in [0.4, 0.5) is 19.0 Å². The fraction of sp³-hybridized carbons (Fsp3) is 0.545. The fourth-order valence-corrected chi connectivity index (χ4v) is 2.01. The van der Waals surface area contributed by atoms with E-state index in [0.717, 1.165) is 31.7 Å². The third-order valence-electron chi connectivity index (χ3n) is 2.81. The minimum Gasteiger partial charge on any atom is -0.367 e. The van der Waals surface area contributed by atoms with Gasteiger partial charge in [0, 0.05) is 12.2 Å². The van der Waals surface area contributed by atoms with Crippen LogP contribution in [0.3, 0.4) is 0 Å². The maximum atomic E-state index is 12.6. The Balaban J connectivity index is 2.19. The number of alkyl halides is 3. The zero-order chi connectivity index (χ0) is 11.6. The van der Waals surface area contributed by atoms with Crippen LogP contribution in [0.15, 0.2) is 18.3 Å². The number of pyridine rings is 1. The van der Waals surface area contributed by atoms with E-state index >= 15 is 0 Å². The molecule has 16 heavy (non-hydrogen) atoms. The van der Waals surface area contributed by atoms with Crippen molar-refractivity contribution in [1.29, 1.82) is 0 Å². The molecule has 1 fully saturated rings. The van der Waals surface area contributed by atoms with Crippen molar-refractivity contribution in [3.8, 4) is 0 Å². The highest BCUT2D eigenvalue weighted by Gasteiger charge is 2.34. The van der Waals surface area contributed by atoms with Crippen LogP contribution in [-0.4, -0.2) is 11.0 Å². The normalized spacial score (nSPS) is 17.7. The van der Waals surface area contributed by atoms with Gasteiger partial charge in [-0.15, -0.1) is 0 Å². The van der Waals surface area contributed by atoms with Crippen molar-refractivity contribution in [2.75, 3.05) is 5.32 Å². The van der Waals surface area contributed by atoms with Gasteiger partial charge in [-0.2, -0.15) is 13.2 Å². The Morgan fingerprint density at radius 1 is 1.25 bits per heavy atom. The highest BCUT2D eigenvalue weighted by Crippen LogP contribution is 2.34. The molecule has 1 aromatic heterocycles. The predicted octanol–water partition coefficient (Wildman–Crippen LogP) is 3.45. The van der Waals surface area contributed by atoms with Crippen molar-refractivity contribution >= 4 is 5.82 Å². The van der Waals surface area contributed by atoms with Gasteiger partial charge >= 0.3 is 6.18 Å². The molecule has 1 aliphatic rings. The summed E-state index contributed by atoms with van der Waals surface area (Å²) >= 11 is 0. The molecule has 5 heteroatoms. The molecule has 1 aliphatic carbocycles. The molecule has 2 rings (SSSR count). The van der Waals surface area contributed by atoms with Crippen molar-refractivity contribution < 1.29 is 13.2 Å². The molecule has 0 atom stereocenters. The Morgan fingerprint density at radius 3 is 2.56 bits per heavy atom. The van der Waals surface area contributed by atoms with Crippen LogP contribution < -0.4 is 5.32 Å². The van der Waals surface area contributed by atoms with E-state index in [4.69, 9.17) is 0 Å². The minimum absolute atomic E-state index is 0.0399. The number of nitrogens with zero attached hydrogens (tertiary/aromatic N) is 1. The molecule has 0 amide bonds. The number of nitrogens with one attached hydrogen (secondary N) is 1. The second-order valence-electron chi connectivity index (χ2n) is 4.02. The molecule has 1 heterocycles.